The Morgan fingerprint density at radius 3 is 2.83 bits per heavy atom. The summed E-state index contributed by atoms with van der Waals surface area (Å²) in [6.07, 6.45) is -0.160. The molecule has 2 N–H and O–H groups in total. The van der Waals surface area contributed by atoms with Crippen molar-refractivity contribution in [2.45, 2.75) is 25.5 Å². The van der Waals surface area contributed by atoms with Crippen LogP contribution in [0.1, 0.15) is 13.3 Å². The fraction of sp³-hybridized carbons (Fsp3) is 0.636. The Morgan fingerprint density at radius 2 is 2.33 bits per heavy atom. The Bertz CT molecular complexity index is 423. The van der Waals surface area contributed by atoms with E-state index in [1.54, 1.807) is 6.92 Å². The molecule has 2 aliphatic heterocycles. The van der Waals surface area contributed by atoms with Crippen molar-refractivity contribution in [1.29, 1.82) is 0 Å². The molecule has 100 valence electrons. The predicted octanol–water partition coefficient (Wildman–Crippen LogP) is 1.06. The molecule has 2 heterocycles. The van der Waals surface area contributed by atoms with Crippen LogP contribution >= 0.6 is 34.4 Å². The molecule has 2 aliphatic rings. The number of alkyl halides is 1. The van der Waals surface area contributed by atoms with Crippen molar-refractivity contribution in [2.75, 3.05) is 10.2 Å². The number of carboxylic acid groups (broad SMARTS) is 1. The SMILES string of the molecule is CC(O)[C@@H]1C(=O)N2C(C(=O)O)=C(SCCI)CC12. The number of hydrogen-bond acceptors (Lipinski definition) is 4. The van der Waals surface area contributed by atoms with Gasteiger partial charge in [0.05, 0.1) is 18.1 Å². The monoisotopic (exact) mass is 383 g/mol. The van der Waals surface area contributed by atoms with Gasteiger partial charge in [-0.05, 0) is 6.92 Å². The lowest BCUT2D eigenvalue weighted by Gasteiger charge is -2.44. The summed E-state index contributed by atoms with van der Waals surface area (Å²) in [7, 11) is 0. The molecule has 5 nitrogen and oxygen atoms in total. The summed E-state index contributed by atoms with van der Waals surface area (Å²) in [4.78, 5) is 25.2. The van der Waals surface area contributed by atoms with E-state index in [4.69, 9.17) is 0 Å². The van der Waals surface area contributed by atoms with E-state index in [1.165, 1.54) is 16.7 Å². The van der Waals surface area contributed by atoms with Crippen LogP contribution in [0.3, 0.4) is 0 Å². The van der Waals surface area contributed by atoms with Crippen LogP contribution in [0, 0.1) is 5.92 Å². The molecular formula is C11H14INO4S. The summed E-state index contributed by atoms with van der Waals surface area (Å²) in [6, 6.07) is -0.166. The first-order chi connectivity index (χ1) is 8.49. The molecular weight excluding hydrogens is 369 g/mol. The van der Waals surface area contributed by atoms with Crippen LogP contribution in [0.25, 0.3) is 0 Å². The summed E-state index contributed by atoms with van der Waals surface area (Å²) >= 11 is 3.73. The molecule has 0 aromatic heterocycles. The van der Waals surface area contributed by atoms with Gasteiger partial charge in [-0.25, -0.2) is 4.79 Å². The van der Waals surface area contributed by atoms with E-state index in [2.05, 4.69) is 22.6 Å². The van der Waals surface area contributed by atoms with E-state index in [0.717, 1.165) is 15.1 Å². The van der Waals surface area contributed by atoms with Gasteiger partial charge in [-0.15, -0.1) is 11.8 Å². The van der Waals surface area contributed by atoms with E-state index in [-0.39, 0.29) is 17.6 Å². The minimum atomic E-state index is -1.05. The van der Waals surface area contributed by atoms with Gasteiger partial charge >= 0.3 is 5.97 Å². The van der Waals surface area contributed by atoms with Gasteiger partial charge in [-0.1, -0.05) is 22.6 Å². The third-order valence-corrected chi connectivity index (χ3v) is 5.63. The fourth-order valence-corrected chi connectivity index (χ4v) is 4.12. The van der Waals surface area contributed by atoms with Crippen LogP contribution in [-0.2, 0) is 9.59 Å². The number of amides is 1. The molecule has 2 rings (SSSR count). The number of β-lactam (4-membered cyclic amide) rings is 1. The summed E-state index contributed by atoms with van der Waals surface area (Å²) in [6.45, 7) is 1.58. The van der Waals surface area contributed by atoms with Gasteiger partial charge < -0.3 is 15.1 Å². The minimum absolute atomic E-state index is 0.122. The van der Waals surface area contributed by atoms with Gasteiger partial charge in [0.15, 0.2) is 0 Å². The lowest BCUT2D eigenvalue weighted by molar-refractivity contribution is -0.161. The lowest BCUT2D eigenvalue weighted by atomic mass is 9.83. The van der Waals surface area contributed by atoms with E-state index < -0.39 is 18.0 Å². The van der Waals surface area contributed by atoms with Crippen LogP contribution in [0.5, 0.6) is 0 Å². The number of aliphatic hydroxyl groups excluding tert-OH is 1. The fourth-order valence-electron chi connectivity index (χ4n) is 2.52. The summed E-state index contributed by atoms with van der Waals surface area (Å²) < 4.78 is 0.928. The van der Waals surface area contributed by atoms with Gasteiger partial charge in [-0.3, -0.25) is 4.79 Å². The van der Waals surface area contributed by atoms with Gasteiger partial charge in [-0.2, -0.15) is 0 Å². The molecule has 1 amide bonds. The number of carboxylic acids is 1. The topological polar surface area (TPSA) is 77.8 Å². The first-order valence-corrected chi connectivity index (χ1v) is 8.16. The molecule has 0 spiro atoms. The average molecular weight is 383 g/mol. The molecule has 0 aliphatic carbocycles. The highest BCUT2D eigenvalue weighted by molar-refractivity contribution is 14.1. The number of carbonyl (C=O) groups is 2. The number of thioether (sulfide) groups is 1. The van der Waals surface area contributed by atoms with E-state index in [0.29, 0.717) is 6.42 Å². The highest BCUT2D eigenvalue weighted by atomic mass is 127. The normalized spacial score (nSPS) is 28.2. The second kappa shape index (κ2) is 5.38. The van der Waals surface area contributed by atoms with Gasteiger partial charge in [0, 0.05) is 21.5 Å². The van der Waals surface area contributed by atoms with Crippen LogP contribution < -0.4 is 0 Å². The Balaban J connectivity index is 2.21. The van der Waals surface area contributed by atoms with Crippen molar-refractivity contribution in [2.24, 2.45) is 5.92 Å². The number of carbonyl (C=O) groups excluding carboxylic acids is 1. The molecule has 0 radical (unpaired) electrons. The minimum Gasteiger partial charge on any atom is -0.477 e. The molecule has 0 aromatic carbocycles. The Morgan fingerprint density at radius 1 is 1.67 bits per heavy atom. The van der Waals surface area contributed by atoms with Gasteiger partial charge in [0.1, 0.15) is 5.70 Å². The molecule has 1 fully saturated rings. The standard InChI is InChI=1S/C11H14INO4S/c1-5(14)8-6-4-7(18-3-2-12)9(11(16)17)13(6)10(8)15/h5-6,8,14H,2-4H2,1H3,(H,16,17)/t5?,6?,8-/m0/s1. The zero-order chi connectivity index (χ0) is 13.4. The number of aliphatic hydroxyl groups is 1. The number of rotatable bonds is 5. The summed E-state index contributed by atoms with van der Waals surface area (Å²) in [5, 5.41) is 18.8. The molecule has 0 bridgehead atoms. The molecule has 7 heteroatoms. The highest BCUT2D eigenvalue weighted by Gasteiger charge is 2.56. The third-order valence-electron chi connectivity index (χ3n) is 3.24. The molecule has 18 heavy (non-hydrogen) atoms. The largest absolute Gasteiger partial charge is 0.477 e. The molecule has 0 aromatic rings. The van der Waals surface area contributed by atoms with E-state index in [1.807, 2.05) is 0 Å². The maximum atomic E-state index is 11.9. The van der Waals surface area contributed by atoms with Crippen LogP contribution in [0.2, 0.25) is 0 Å². The number of nitrogens with zero attached hydrogens (tertiary/aromatic N) is 1. The highest BCUT2D eigenvalue weighted by Crippen LogP contribution is 2.46. The van der Waals surface area contributed by atoms with Crippen molar-refractivity contribution < 1.29 is 19.8 Å². The number of fused-ring (bicyclic) bond motifs is 1. The van der Waals surface area contributed by atoms with Gasteiger partial charge in [0.25, 0.3) is 0 Å². The Kier molecular flexibility index (Phi) is 4.22. The maximum absolute atomic E-state index is 11.9. The van der Waals surface area contributed by atoms with Crippen molar-refractivity contribution in [3.8, 4) is 0 Å². The number of halogens is 1. The van der Waals surface area contributed by atoms with Crippen molar-refractivity contribution in [3.63, 3.8) is 0 Å². The summed E-state index contributed by atoms with van der Waals surface area (Å²) in [5.41, 5.74) is 0.122. The molecule has 1 saturated heterocycles. The Labute approximate surface area is 123 Å². The first-order valence-electron chi connectivity index (χ1n) is 5.65. The zero-order valence-corrected chi connectivity index (χ0v) is 12.8. The van der Waals surface area contributed by atoms with Crippen molar-refractivity contribution in [3.05, 3.63) is 10.6 Å². The summed E-state index contributed by atoms with van der Waals surface area (Å²) in [5.74, 6) is -0.929. The first kappa shape index (κ1) is 14.1. The second-order valence-corrected chi connectivity index (χ2v) is 6.63. The van der Waals surface area contributed by atoms with E-state index in [9.17, 15) is 19.8 Å². The van der Waals surface area contributed by atoms with Crippen LogP contribution in [0.15, 0.2) is 10.6 Å². The average Bonchev–Trinajstić information content (AvgIpc) is 2.60. The van der Waals surface area contributed by atoms with Crippen molar-refractivity contribution in [1.82, 2.24) is 4.90 Å². The smallest absolute Gasteiger partial charge is 0.353 e. The predicted molar refractivity (Wildman–Crippen MR) is 76.4 cm³/mol. The molecule has 2 unspecified atom stereocenters. The van der Waals surface area contributed by atoms with Gasteiger partial charge in [0.2, 0.25) is 5.91 Å². The maximum Gasteiger partial charge on any atom is 0.353 e. The third kappa shape index (κ3) is 2.16. The Hall–Kier alpha value is -0.280. The quantitative estimate of drug-likeness (QED) is 0.422. The van der Waals surface area contributed by atoms with Crippen LogP contribution in [0.4, 0.5) is 0 Å². The molecule has 0 saturated carbocycles. The van der Waals surface area contributed by atoms with E-state index >= 15 is 0 Å². The van der Waals surface area contributed by atoms with Crippen LogP contribution in [-0.4, -0.2) is 49.3 Å². The second-order valence-electron chi connectivity index (χ2n) is 4.36. The number of aliphatic carboxylic acids is 1. The van der Waals surface area contributed by atoms with Crippen molar-refractivity contribution >= 4 is 46.2 Å². The molecule has 3 atom stereocenters. The lowest BCUT2D eigenvalue weighted by Crippen LogP contribution is -2.61. The zero-order valence-electron chi connectivity index (χ0n) is 9.80. The number of hydrogen-bond donors (Lipinski definition) is 2.